The van der Waals surface area contributed by atoms with E-state index in [0.717, 1.165) is 45.3 Å². The number of fused-ring (bicyclic) bond motifs is 3. The first-order valence-electron chi connectivity index (χ1n) is 53.0. The quantitative estimate of drug-likeness (QED) is 0.164. The number of hydrogen-bond donors (Lipinski definition) is 0. The first-order chi connectivity index (χ1) is 67.3. The Balaban J connectivity index is 0.000000212. The van der Waals surface area contributed by atoms with Gasteiger partial charge in [-0.2, -0.15) is 0 Å². The molecule has 0 saturated carbocycles. The molecule has 0 saturated heterocycles. The molecule has 0 amide bonds. The van der Waals surface area contributed by atoms with Gasteiger partial charge in [-0.1, -0.05) is 560 Å². The molecule has 16 rings (SSSR count). The van der Waals surface area contributed by atoms with Crippen LogP contribution in [0.25, 0.3) is 99.5 Å². The maximum atomic E-state index is 4.74. The molecule has 0 aliphatic rings. The van der Waals surface area contributed by atoms with Gasteiger partial charge < -0.3 is 0 Å². The molecule has 11 aromatic carbocycles. The summed E-state index contributed by atoms with van der Waals surface area (Å²) in [6, 6.07) is 97.2. The number of rotatable bonds is 6. The number of aromatic nitrogens is 7. The Bertz CT molecular complexity index is 6530. The van der Waals surface area contributed by atoms with E-state index in [4.69, 9.17) is 4.98 Å². The lowest BCUT2D eigenvalue weighted by Crippen LogP contribution is -2.18. The highest BCUT2D eigenvalue weighted by atomic mass is 14.8. The van der Waals surface area contributed by atoms with Crippen molar-refractivity contribution in [1.82, 2.24) is 34.9 Å². The predicted octanol–water partition coefficient (Wildman–Crippen LogP) is 40.5. The topological polar surface area (TPSA) is 90.2 Å². The van der Waals surface area contributed by atoms with Crippen molar-refractivity contribution in [1.29, 1.82) is 0 Å². The van der Waals surface area contributed by atoms with Crippen LogP contribution in [0.3, 0.4) is 0 Å². The number of pyridine rings is 3. The van der Waals surface area contributed by atoms with Gasteiger partial charge in [-0.05, 0) is 182 Å². The molecule has 7 heteroatoms. The summed E-state index contributed by atoms with van der Waals surface area (Å²) < 4.78 is 0. The van der Waals surface area contributed by atoms with E-state index < -0.39 is 0 Å². The second kappa shape index (κ2) is 47.3. The molecule has 7 nitrogen and oxygen atoms in total. The minimum atomic E-state index is -0.00765. The lowest BCUT2D eigenvalue weighted by molar-refractivity contribution is 0.556. The minimum Gasteiger partial charge on any atom is -0.260 e. The Morgan fingerprint density at radius 3 is 0.764 bits per heavy atom. The number of nitrogens with zero attached hydrogens (tertiary/aromatic N) is 7. The molecule has 0 spiro atoms. The van der Waals surface area contributed by atoms with Crippen molar-refractivity contribution < 1.29 is 0 Å². The molecule has 148 heavy (non-hydrogen) atoms. The van der Waals surface area contributed by atoms with E-state index in [1.54, 1.807) is 12.4 Å². The fraction of sp³-hybridized carbons (Fsp3) is 0.411. The summed E-state index contributed by atoms with van der Waals surface area (Å²) in [7, 11) is 0. The van der Waals surface area contributed by atoms with Crippen molar-refractivity contribution in [2.75, 3.05) is 0 Å². The molecule has 5 heterocycles. The van der Waals surface area contributed by atoms with Crippen LogP contribution in [-0.2, 0) is 75.8 Å². The fourth-order valence-corrected chi connectivity index (χ4v) is 17.5. The van der Waals surface area contributed by atoms with E-state index in [-0.39, 0.29) is 90.7 Å². The number of benzene rings is 11. The molecular formula is C141H185N7. The Labute approximate surface area is 898 Å². The van der Waals surface area contributed by atoms with Crippen LogP contribution in [0.5, 0.6) is 0 Å². The van der Waals surface area contributed by atoms with Crippen LogP contribution in [0.2, 0.25) is 0 Å². The molecule has 0 N–H and O–H groups in total. The maximum absolute atomic E-state index is 4.74. The third-order valence-corrected chi connectivity index (χ3v) is 27.1. The van der Waals surface area contributed by atoms with Crippen LogP contribution in [0.15, 0.2) is 310 Å². The summed E-state index contributed by atoms with van der Waals surface area (Å²) in [5.41, 5.74) is 33.9. The first-order valence-corrected chi connectivity index (χ1v) is 53.0. The third kappa shape index (κ3) is 32.7. The lowest BCUT2D eigenvalue weighted by atomic mass is 9.81. The molecule has 0 fully saturated rings. The molecule has 0 aliphatic carbocycles. The van der Waals surface area contributed by atoms with Crippen LogP contribution >= 0.6 is 0 Å². The van der Waals surface area contributed by atoms with Crippen molar-refractivity contribution in [2.24, 2.45) is 0 Å². The van der Waals surface area contributed by atoms with Crippen LogP contribution in [0.1, 0.15) is 384 Å². The Hall–Kier alpha value is -12.2. The molecule has 0 aliphatic heterocycles. The van der Waals surface area contributed by atoms with Gasteiger partial charge in [0.05, 0.1) is 40.4 Å². The molecule has 0 bridgehead atoms. The van der Waals surface area contributed by atoms with Gasteiger partial charge in [0.2, 0.25) is 0 Å². The Morgan fingerprint density at radius 1 is 0.149 bits per heavy atom. The summed E-state index contributed by atoms with van der Waals surface area (Å²) in [5.74, 6) is 0. The van der Waals surface area contributed by atoms with E-state index in [1.807, 2.05) is 24.8 Å². The van der Waals surface area contributed by atoms with E-state index >= 15 is 0 Å². The lowest BCUT2D eigenvalue weighted by Gasteiger charge is -2.25. The van der Waals surface area contributed by atoms with E-state index in [2.05, 4.69) is 594 Å². The number of hydrogen-bond acceptors (Lipinski definition) is 7. The Kier molecular flexibility index (Phi) is 38.7. The van der Waals surface area contributed by atoms with Crippen molar-refractivity contribution in [3.05, 3.63) is 389 Å². The highest BCUT2D eigenvalue weighted by Gasteiger charge is 2.29. The largest absolute Gasteiger partial charge is 0.260 e. The van der Waals surface area contributed by atoms with Gasteiger partial charge in [-0.25, -0.2) is 0 Å². The summed E-state index contributed by atoms with van der Waals surface area (Å²) >= 11 is 0. The smallest absolute Gasteiger partial charge is 0.0922 e. The van der Waals surface area contributed by atoms with Crippen molar-refractivity contribution >= 4 is 32.3 Å². The summed E-state index contributed by atoms with van der Waals surface area (Å²) in [5, 5.41) is 7.94. The zero-order valence-corrected chi connectivity index (χ0v) is 97.6. The zero-order chi connectivity index (χ0) is 108. The normalized spacial score (nSPS) is 12.4. The summed E-state index contributed by atoms with van der Waals surface area (Å²) in [6.45, 7) is 93.4. The van der Waals surface area contributed by atoms with Gasteiger partial charge in [0, 0.05) is 86.6 Å². The van der Waals surface area contributed by atoms with Crippen LogP contribution in [-0.4, -0.2) is 34.9 Å². The van der Waals surface area contributed by atoms with Crippen LogP contribution in [0.4, 0.5) is 0 Å². The average molecular weight is 1980 g/mol. The second-order valence-corrected chi connectivity index (χ2v) is 54.3. The summed E-state index contributed by atoms with van der Waals surface area (Å²) in [6.07, 6.45) is 13.3. The molecule has 16 aromatic rings. The zero-order valence-electron chi connectivity index (χ0n) is 97.6. The second-order valence-electron chi connectivity index (χ2n) is 54.3. The van der Waals surface area contributed by atoms with Gasteiger partial charge >= 0.3 is 0 Å². The molecule has 0 atom stereocenters. The van der Waals surface area contributed by atoms with Gasteiger partial charge in [-0.15, -0.1) is 0 Å². The van der Waals surface area contributed by atoms with Gasteiger partial charge in [0.15, 0.2) is 0 Å². The predicted molar refractivity (Wildman–Crippen MR) is 650 cm³/mol. The van der Waals surface area contributed by atoms with Crippen LogP contribution in [0, 0.1) is 0 Å². The van der Waals surface area contributed by atoms with Crippen molar-refractivity contribution in [3.8, 4) is 67.2 Å². The highest BCUT2D eigenvalue weighted by molar-refractivity contribution is 6.05. The van der Waals surface area contributed by atoms with E-state index in [0.29, 0.717) is 0 Å². The summed E-state index contributed by atoms with van der Waals surface area (Å²) in [4.78, 5) is 32.0. The minimum absolute atomic E-state index is 0. The highest BCUT2D eigenvalue weighted by Crippen LogP contribution is 2.43. The Morgan fingerprint density at radius 2 is 0.432 bits per heavy atom. The van der Waals surface area contributed by atoms with Crippen molar-refractivity contribution in [3.63, 3.8) is 0 Å². The third-order valence-electron chi connectivity index (χ3n) is 27.1. The first kappa shape index (κ1) is 121. The molecular weight excluding hydrogens is 1790 g/mol. The van der Waals surface area contributed by atoms with Gasteiger partial charge in [-0.3, -0.25) is 34.9 Å². The SMILES string of the molecule is C.C.CC(C)(C)c1ccc(-c2ccc(-c3ccc(C(C)(C)C)cc3)c3ccccc23)cc1.CC(C)(C)c1ccc(-c2ccc(C(C)(C)C)cn2)cc1.CC(C)(C)c1ccc(-c2cccc3c(C(C)(C)C)cccc23)cc1.CC(C)(C)c1ccc(-c2cnc(C(C)(C)C)cn2)cc1.CC(C)(C)c1ccc(-c2nccnc2C(C)(C)C)cc1.CC(C)(C)c1ccc(C(C)(C)C)nc1.CC(C)(C)c1cnc(C(C)(C)C)c2ccccc12. The van der Waals surface area contributed by atoms with Crippen LogP contribution < -0.4 is 0 Å². The van der Waals surface area contributed by atoms with Gasteiger partial charge in [0.1, 0.15) is 0 Å². The van der Waals surface area contributed by atoms with E-state index in [1.165, 1.54) is 133 Å². The molecule has 0 unspecified atom stereocenters. The van der Waals surface area contributed by atoms with E-state index in [9.17, 15) is 0 Å². The monoisotopic (exact) mass is 1980 g/mol. The fourth-order valence-electron chi connectivity index (χ4n) is 17.5. The maximum Gasteiger partial charge on any atom is 0.0922 e. The molecule has 0 radical (unpaired) electrons. The molecule has 784 valence electrons. The van der Waals surface area contributed by atoms with Crippen molar-refractivity contribution in [2.45, 2.75) is 381 Å². The molecule has 5 aromatic heterocycles. The average Bonchev–Trinajstić information content (AvgIpc) is 0.768. The standard InChI is InChI=1S/C30H32.C24H28.C19H25N.2C18H24N2.C17H23N.C13H21N.2CH4/c1-29(2,3)23-15-11-21(12-16-23)25-19-20-26(28-10-8-7-9-27(25)28)22-13-17-24(18-14-22)30(4,5)6;1-23(2,3)18-15-13-17(14-16-18)19-9-7-11-21-20(19)10-8-12-22(21)24(4,5)6;1-18(2,3)15-9-7-14(8-10-15)17-12-11-16(13-20-17)19(4,5)6;1-17(2,3)14-9-7-13(8-10-14)15-11-20-16(12-19-15)18(4,5)6;1-17(2,3)14-9-7-13(8-10-14)15-16(18(4,5)6)20-12-11-19-15;1-16(2,3)14-11-18-15(17(4,5)6)13-10-8-7-9-12(13)14;1-12(2,3)10-7-8-11(14-9-10)13(4,5)6;;/h7-20H,1-6H3;7-16H,1-6H3;7-13H,1-6H3;2*7-12H,1-6H3;7-11H,1-6H3;7-9H,1-6H3;2*1H4. The van der Waals surface area contributed by atoms with Gasteiger partial charge in [0.25, 0.3) is 0 Å².